The van der Waals surface area contributed by atoms with Crippen LogP contribution >= 0.6 is 0 Å². The quantitative estimate of drug-likeness (QED) is 0.429. The zero-order valence-electron chi connectivity index (χ0n) is 17.3. The summed E-state index contributed by atoms with van der Waals surface area (Å²) in [6.07, 6.45) is 9.29. The van der Waals surface area contributed by atoms with Gasteiger partial charge in [-0.1, -0.05) is 59.3 Å². The van der Waals surface area contributed by atoms with E-state index in [4.69, 9.17) is 10.5 Å². The van der Waals surface area contributed by atoms with Gasteiger partial charge in [0.2, 0.25) is 5.91 Å². The topological polar surface area (TPSA) is 81.4 Å². The molecule has 3 N–H and O–H groups in total. The minimum atomic E-state index is -0.390. The predicted octanol–water partition coefficient (Wildman–Crippen LogP) is 3.79. The highest BCUT2D eigenvalue weighted by Crippen LogP contribution is 2.29. The number of nitrogens with two attached hydrogens (primary N) is 1. The number of hydrogen-bond donors (Lipinski definition) is 2. The van der Waals surface area contributed by atoms with Crippen molar-refractivity contribution in [3.05, 3.63) is 0 Å². The van der Waals surface area contributed by atoms with E-state index in [-0.39, 0.29) is 29.8 Å². The second kappa shape index (κ2) is 12.3. The molecule has 0 aromatic heterocycles. The second-order valence-corrected chi connectivity index (χ2v) is 8.28. The van der Waals surface area contributed by atoms with Gasteiger partial charge in [0.05, 0.1) is 0 Å². The molecule has 152 valence electrons. The molecule has 0 unspecified atom stereocenters. The van der Waals surface area contributed by atoms with E-state index in [2.05, 4.69) is 12.2 Å². The Morgan fingerprint density at radius 3 is 2.38 bits per heavy atom. The highest BCUT2D eigenvalue weighted by Gasteiger charge is 2.32. The van der Waals surface area contributed by atoms with Crippen LogP contribution in [0, 0.1) is 17.8 Å². The van der Waals surface area contributed by atoms with Gasteiger partial charge in [-0.05, 0) is 31.1 Å². The van der Waals surface area contributed by atoms with Gasteiger partial charge in [-0.15, -0.1) is 0 Å². The van der Waals surface area contributed by atoms with Gasteiger partial charge >= 0.3 is 5.97 Å². The average Bonchev–Trinajstić information content (AvgIpc) is 2.58. The van der Waals surface area contributed by atoms with E-state index in [1.54, 1.807) is 0 Å². The zero-order chi connectivity index (χ0) is 19.5. The summed E-state index contributed by atoms with van der Waals surface area (Å²) in [5, 5.41) is 3.02. The summed E-state index contributed by atoms with van der Waals surface area (Å²) < 4.78 is 5.57. The number of amides is 1. The van der Waals surface area contributed by atoms with Crippen LogP contribution < -0.4 is 11.1 Å². The van der Waals surface area contributed by atoms with E-state index in [1.807, 2.05) is 13.8 Å². The van der Waals surface area contributed by atoms with Gasteiger partial charge in [0.25, 0.3) is 0 Å². The van der Waals surface area contributed by atoms with Gasteiger partial charge in [-0.2, -0.15) is 0 Å². The Hall–Kier alpha value is -1.10. The molecule has 5 nitrogen and oxygen atoms in total. The standard InChI is InChI=1S/C21H40N2O3/c1-5-6-12-23-21(25)18(15(2)3)14-20(26-16(4)24)19(22)13-17-10-8-7-9-11-17/h15,17-20H,5-14,22H2,1-4H3,(H,23,25)/t18-,19-,20-/m0/s1. The molecule has 0 spiro atoms. The number of carbonyl (C=O) groups excluding carboxylic acids is 2. The smallest absolute Gasteiger partial charge is 0.302 e. The number of nitrogens with one attached hydrogen (secondary N) is 1. The van der Waals surface area contributed by atoms with E-state index in [0.717, 1.165) is 19.3 Å². The van der Waals surface area contributed by atoms with Crippen molar-refractivity contribution in [2.45, 2.75) is 97.6 Å². The minimum absolute atomic E-state index is 0.0514. The molecule has 0 aliphatic heterocycles. The summed E-state index contributed by atoms with van der Waals surface area (Å²) >= 11 is 0. The first kappa shape index (κ1) is 22.9. The summed E-state index contributed by atoms with van der Waals surface area (Å²) in [5.74, 6) is 0.344. The van der Waals surface area contributed by atoms with Crippen LogP contribution in [0.15, 0.2) is 0 Å². The number of ether oxygens (including phenoxy) is 1. The lowest BCUT2D eigenvalue weighted by molar-refractivity contribution is -0.150. The molecule has 0 aromatic carbocycles. The lowest BCUT2D eigenvalue weighted by Gasteiger charge is -2.32. The van der Waals surface area contributed by atoms with Crippen molar-refractivity contribution in [2.24, 2.45) is 23.5 Å². The maximum atomic E-state index is 12.6. The number of hydrogen-bond acceptors (Lipinski definition) is 4. The summed E-state index contributed by atoms with van der Waals surface area (Å²) in [6.45, 7) is 8.31. The van der Waals surface area contributed by atoms with Crippen molar-refractivity contribution in [3.8, 4) is 0 Å². The first-order valence-electron chi connectivity index (χ1n) is 10.6. The molecular weight excluding hydrogens is 328 g/mol. The Morgan fingerprint density at radius 1 is 1.19 bits per heavy atom. The van der Waals surface area contributed by atoms with Crippen LogP contribution in [0.1, 0.15) is 85.5 Å². The van der Waals surface area contributed by atoms with Crippen molar-refractivity contribution >= 4 is 11.9 Å². The van der Waals surface area contributed by atoms with Crippen LogP contribution in [0.5, 0.6) is 0 Å². The fourth-order valence-electron chi connectivity index (χ4n) is 3.93. The van der Waals surface area contributed by atoms with Crippen molar-refractivity contribution in [2.75, 3.05) is 6.54 Å². The van der Waals surface area contributed by atoms with Crippen LogP contribution in [0.3, 0.4) is 0 Å². The predicted molar refractivity (Wildman–Crippen MR) is 106 cm³/mol. The summed E-state index contributed by atoms with van der Waals surface area (Å²) in [5.41, 5.74) is 6.46. The molecular formula is C21H40N2O3. The van der Waals surface area contributed by atoms with Gasteiger partial charge in [0.15, 0.2) is 0 Å². The zero-order valence-corrected chi connectivity index (χ0v) is 17.3. The molecule has 5 heteroatoms. The number of rotatable bonds is 11. The van der Waals surface area contributed by atoms with Gasteiger partial charge in [0, 0.05) is 25.4 Å². The number of carbonyl (C=O) groups is 2. The molecule has 3 atom stereocenters. The molecule has 1 rings (SSSR count). The normalized spacial score (nSPS) is 19.0. The van der Waals surface area contributed by atoms with E-state index in [0.29, 0.717) is 18.9 Å². The monoisotopic (exact) mass is 368 g/mol. The average molecular weight is 369 g/mol. The maximum Gasteiger partial charge on any atom is 0.302 e. The molecule has 1 amide bonds. The molecule has 0 bridgehead atoms. The lowest BCUT2D eigenvalue weighted by atomic mass is 9.81. The largest absolute Gasteiger partial charge is 0.461 e. The molecule has 1 fully saturated rings. The molecule has 26 heavy (non-hydrogen) atoms. The van der Waals surface area contributed by atoms with Gasteiger partial charge in [-0.3, -0.25) is 9.59 Å². The third-order valence-electron chi connectivity index (χ3n) is 5.58. The van der Waals surface area contributed by atoms with E-state index in [1.165, 1.54) is 39.0 Å². The minimum Gasteiger partial charge on any atom is -0.461 e. The van der Waals surface area contributed by atoms with Crippen molar-refractivity contribution in [3.63, 3.8) is 0 Å². The van der Waals surface area contributed by atoms with E-state index in [9.17, 15) is 9.59 Å². The first-order chi connectivity index (χ1) is 12.3. The highest BCUT2D eigenvalue weighted by atomic mass is 16.5. The second-order valence-electron chi connectivity index (χ2n) is 8.28. The van der Waals surface area contributed by atoms with Crippen LogP contribution in [0.25, 0.3) is 0 Å². The van der Waals surface area contributed by atoms with Crippen LogP contribution in [0.2, 0.25) is 0 Å². The van der Waals surface area contributed by atoms with Crippen LogP contribution in [0.4, 0.5) is 0 Å². The molecule has 1 aliphatic rings. The Balaban J connectivity index is 2.71. The van der Waals surface area contributed by atoms with E-state index < -0.39 is 6.10 Å². The molecule has 0 heterocycles. The third-order valence-corrected chi connectivity index (χ3v) is 5.58. The number of unbranched alkanes of at least 4 members (excludes halogenated alkanes) is 1. The Kier molecular flexibility index (Phi) is 10.9. The van der Waals surface area contributed by atoms with Gasteiger partial charge in [0.1, 0.15) is 6.10 Å². The molecule has 0 saturated heterocycles. The maximum absolute atomic E-state index is 12.6. The highest BCUT2D eigenvalue weighted by molar-refractivity contribution is 5.79. The molecule has 1 saturated carbocycles. The lowest BCUT2D eigenvalue weighted by Crippen LogP contribution is -2.44. The fourth-order valence-corrected chi connectivity index (χ4v) is 3.93. The first-order valence-corrected chi connectivity index (χ1v) is 10.6. The number of esters is 1. The Bertz CT molecular complexity index is 419. The fraction of sp³-hybridized carbons (Fsp3) is 0.905. The van der Waals surface area contributed by atoms with Crippen molar-refractivity contribution < 1.29 is 14.3 Å². The Morgan fingerprint density at radius 2 is 1.85 bits per heavy atom. The van der Waals surface area contributed by atoms with Gasteiger partial charge in [-0.25, -0.2) is 0 Å². The van der Waals surface area contributed by atoms with Crippen LogP contribution in [-0.2, 0) is 14.3 Å². The van der Waals surface area contributed by atoms with E-state index >= 15 is 0 Å². The molecule has 1 aliphatic carbocycles. The third kappa shape index (κ3) is 8.52. The summed E-state index contributed by atoms with van der Waals surface area (Å²) in [7, 11) is 0. The van der Waals surface area contributed by atoms with Crippen LogP contribution in [-0.4, -0.2) is 30.6 Å². The summed E-state index contributed by atoms with van der Waals surface area (Å²) in [6, 6.07) is -0.202. The van der Waals surface area contributed by atoms with Crippen molar-refractivity contribution in [1.29, 1.82) is 0 Å². The molecule has 0 aromatic rings. The summed E-state index contributed by atoms with van der Waals surface area (Å²) in [4.78, 5) is 24.2. The Labute approximate surface area is 159 Å². The van der Waals surface area contributed by atoms with Crippen molar-refractivity contribution in [1.82, 2.24) is 5.32 Å². The molecule has 0 radical (unpaired) electrons. The van der Waals surface area contributed by atoms with Gasteiger partial charge < -0.3 is 15.8 Å². The SMILES string of the molecule is CCCCNC(=O)[C@@H](C[C@H](OC(C)=O)[C@@H](N)CC1CCCCC1)C(C)C.